The van der Waals surface area contributed by atoms with Crippen LogP contribution in [0.25, 0.3) is 0 Å². The Kier molecular flexibility index (Phi) is 7.20. The number of hydrogen-bond donors (Lipinski definition) is 1. The highest BCUT2D eigenvalue weighted by atomic mass is 16.6. The Balaban J connectivity index is 1.42. The van der Waals surface area contributed by atoms with Gasteiger partial charge in [0.2, 0.25) is 0 Å². The highest BCUT2D eigenvalue weighted by Gasteiger charge is 2.16. The van der Waals surface area contributed by atoms with Crippen LogP contribution >= 0.6 is 0 Å². The van der Waals surface area contributed by atoms with Gasteiger partial charge in [0.15, 0.2) is 19.0 Å². The van der Waals surface area contributed by atoms with Crippen LogP contribution in [0.15, 0.2) is 48.5 Å². The summed E-state index contributed by atoms with van der Waals surface area (Å²) in [7, 11) is 0. The molecule has 3 rings (SSSR count). The quantitative estimate of drug-likeness (QED) is 0.402. The first-order valence-electron chi connectivity index (χ1n) is 9.69. The monoisotopic (exact) mass is 413 g/mol. The molecule has 9 nitrogen and oxygen atoms in total. The van der Waals surface area contributed by atoms with Gasteiger partial charge in [-0.2, -0.15) is 0 Å². The van der Waals surface area contributed by atoms with Crippen molar-refractivity contribution in [1.29, 1.82) is 0 Å². The van der Waals surface area contributed by atoms with E-state index in [1.54, 1.807) is 18.2 Å². The third-order valence-electron chi connectivity index (χ3n) is 4.64. The van der Waals surface area contributed by atoms with Crippen molar-refractivity contribution >= 4 is 28.9 Å². The molecule has 30 heavy (non-hydrogen) atoms. The number of anilines is 2. The summed E-state index contributed by atoms with van der Waals surface area (Å²) < 4.78 is 9.99. The van der Waals surface area contributed by atoms with Gasteiger partial charge >= 0.3 is 11.7 Å². The highest BCUT2D eigenvalue weighted by Crippen LogP contribution is 2.25. The smallest absolute Gasteiger partial charge is 0.344 e. The van der Waals surface area contributed by atoms with Crippen molar-refractivity contribution in [3.8, 4) is 5.75 Å². The van der Waals surface area contributed by atoms with Gasteiger partial charge in [0, 0.05) is 30.5 Å². The minimum atomic E-state index is -0.802. The van der Waals surface area contributed by atoms with Crippen molar-refractivity contribution in [3.05, 3.63) is 58.6 Å². The number of nitrogens with zero attached hydrogens (tertiary/aromatic N) is 2. The zero-order valence-corrected chi connectivity index (χ0v) is 16.4. The molecule has 1 aliphatic heterocycles. The largest absolute Gasteiger partial charge is 0.475 e. The third kappa shape index (κ3) is 5.94. The first-order valence-corrected chi connectivity index (χ1v) is 9.69. The lowest BCUT2D eigenvalue weighted by Crippen LogP contribution is -2.29. The van der Waals surface area contributed by atoms with E-state index in [2.05, 4.69) is 10.2 Å². The van der Waals surface area contributed by atoms with Crippen LogP contribution in [0.2, 0.25) is 0 Å². The van der Waals surface area contributed by atoms with E-state index < -0.39 is 30.0 Å². The molecule has 2 aromatic carbocycles. The molecule has 1 saturated heterocycles. The van der Waals surface area contributed by atoms with Crippen molar-refractivity contribution < 1.29 is 24.0 Å². The predicted octanol–water partition coefficient (Wildman–Crippen LogP) is 3.15. The topological polar surface area (TPSA) is 111 Å². The lowest BCUT2D eigenvalue weighted by Gasteiger charge is -2.28. The van der Waals surface area contributed by atoms with Gasteiger partial charge in [-0.25, -0.2) is 4.79 Å². The summed E-state index contributed by atoms with van der Waals surface area (Å²) >= 11 is 0. The summed E-state index contributed by atoms with van der Waals surface area (Å²) in [4.78, 5) is 36.4. The molecule has 1 aliphatic rings. The normalized spacial score (nSPS) is 13.4. The molecular formula is C21H23N3O6. The molecule has 0 bridgehead atoms. The average molecular weight is 413 g/mol. The number of rotatable bonds is 8. The van der Waals surface area contributed by atoms with Crippen LogP contribution in [0.1, 0.15) is 19.3 Å². The van der Waals surface area contributed by atoms with Gasteiger partial charge in [0.25, 0.3) is 5.91 Å². The van der Waals surface area contributed by atoms with Crippen LogP contribution in [-0.4, -0.2) is 43.1 Å². The molecule has 158 valence electrons. The summed E-state index contributed by atoms with van der Waals surface area (Å²) in [5.41, 5.74) is 1.47. The second kappa shape index (κ2) is 10.2. The van der Waals surface area contributed by atoms with Crippen LogP contribution in [0.5, 0.6) is 5.75 Å². The first-order chi connectivity index (χ1) is 14.5. The van der Waals surface area contributed by atoms with E-state index in [-0.39, 0.29) is 11.4 Å². The fourth-order valence-corrected chi connectivity index (χ4v) is 3.16. The van der Waals surface area contributed by atoms with E-state index in [1.807, 2.05) is 12.1 Å². The molecule has 0 radical (unpaired) electrons. The lowest BCUT2D eigenvalue weighted by atomic mass is 10.1. The summed E-state index contributed by atoms with van der Waals surface area (Å²) in [5, 5.41) is 13.6. The van der Waals surface area contributed by atoms with Gasteiger partial charge < -0.3 is 19.7 Å². The van der Waals surface area contributed by atoms with Crippen molar-refractivity contribution in [2.24, 2.45) is 0 Å². The van der Waals surface area contributed by atoms with Crippen molar-refractivity contribution in [3.63, 3.8) is 0 Å². The molecule has 1 N–H and O–H groups in total. The molecule has 9 heteroatoms. The van der Waals surface area contributed by atoms with Gasteiger partial charge in [-0.3, -0.25) is 14.9 Å². The Morgan fingerprint density at radius 2 is 1.70 bits per heavy atom. The third-order valence-corrected chi connectivity index (χ3v) is 4.64. The van der Waals surface area contributed by atoms with Crippen molar-refractivity contribution in [2.75, 3.05) is 36.5 Å². The zero-order chi connectivity index (χ0) is 21.3. The maximum absolute atomic E-state index is 12.0. The van der Waals surface area contributed by atoms with Crippen molar-refractivity contribution in [2.45, 2.75) is 19.3 Å². The number of nitro groups is 1. The molecule has 1 heterocycles. The summed E-state index contributed by atoms with van der Waals surface area (Å²) in [6.45, 7) is 1.06. The Hall–Kier alpha value is -3.62. The molecule has 0 aromatic heterocycles. The van der Waals surface area contributed by atoms with Gasteiger partial charge in [0.05, 0.1) is 4.92 Å². The number of piperidine rings is 1. The second-order valence-electron chi connectivity index (χ2n) is 6.82. The maximum atomic E-state index is 12.0. The van der Waals surface area contributed by atoms with E-state index in [4.69, 9.17) is 9.47 Å². The number of para-hydroxylation sites is 2. The molecule has 0 unspecified atom stereocenters. The standard InChI is InChI=1S/C21H23N3O6/c25-20(22-16-8-10-17(11-9-16)23-12-4-1-5-13-23)14-30-21(26)15-29-19-7-3-2-6-18(19)24(27)28/h2-3,6-11H,1,4-5,12-15H2,(H,22,25). The lowest BCUT2D eigenvalue weighted by molar-refractivity contribution is -0.385. The Morgan fingerprint density at radius 1 is 1.00 bits per heavy atom. The summed E-state index contributed by atoms with van der Waals surface area (Å²) in [6.07, 6.45) is 3.63. The molecule has 1 amide bonds. The number of amides is 1. The minimum absolute atomic E-state index is 0.0438. The first kappa shape index (κ1) is 21.1. The predicted molar refractivity (Wildman–Crippen MR) is 111 cm³/mol. The van der Waals surface area contributed by atoms with Crippen LogP contribution in [0.4, 0.5) is 17.1 Å². The van der Waals surface area contributed by atoms with Gasteiger partial charge in [0.1, 0.15) is 0 Å². The van der Waals surface area contributed by atoms with Crippen LogP contribution < -0.4 is 15.0 Å². The van der Waals surface area contributed by atoms with Crippen molar-refractivity contribution in [1.82, 2.24) is 0 Å². The Bertz CT molecular complexity index is 894. The van der Waals surface area contributed by atoms with Crippen LogP contribution in [0, 0.1) is 10.1 Å². The molecule has 2 aromatic rings. The van der Waals surface area contributed by atoms with Gasteiger partial charge in [-0.05, 0) is 49.6 Å². The van der Waals surface area contributed by atoms with Gasteiger partial charge in [-0.1, -0.05) is 12.1 Å². The van der Waals surface area contributed by atoms with Crippen LogP contribution in [-0.2, 0) is 14.3 Å². The van der Waals surface area contributed by atoms with E-state index in [9.17, 15) is 19.7 Å². The second-order valence-corrected chi connectivity index (χ2v) is 6.82. The number of carbonyl (C=O) groups is 2. The molecular weight excluding hydrogens is 390 g/mol. The zero-order valence-electron chi connectivity index (χ0n) is 16.4. The molecule has 1 fully saturated rings. The molecule has 0 aliphatic carbocycles. The maximum Gasteiger partial charge on any atom is 0.344 e. The SMILES string of the molecule is O=C(COC(=O)COc1ccccc1[N+](=O)[O-])Nc1ccc(N2CCCCC2)cc1. The molecule has 0 spiro atoms. The van der Waals surface area contributed by atoms with E-state index >= 15 is 0 Å². The fourth-order valence-electron chi connectivity index (χ4n) is 3.16. The minimum Gasteiger partial charge on any atom is -0.475 e. The number of hydrogen-bond acceptors (Lipinski definition) is 7. The average Bonchev–Trinajstić information content (AvgIpc) is 2.77. The molecule has 0 atom stereocenters. The summed E-state index contributed by atoms with van der Waals surface area (Å²) in [5.74, 6) is -1.33. The Morgan fingerprint density at radius 3 is 2.40 bits per heavy atom. The molecule has 0 saturated carbocycles. The number of nitrogens with one attached hydrogen (secondary N) is 1. The van der Waals surface area contributed by atoms with Gasteiger partial charge in [-0.15, -0.1) is 0 Å². The highest BCUT2D eigenvalue weighted by molar-refractivity contribution is 5.93. The summed E-state index contributed by atoms with van der Waals surface area (Å²) in [6, 6.07) is 13.2. The fraction of sp³-hybridized carbons (Fsp3) is 0.333. The number of ether oxygens (including phenoxy) is 2. The Labute approximate surface area is 173 Å². The number of carbonyl (C=O) groups excluding carboxylic acids is 2. The van der Waals surface area contributed by atoms with E-state index in [0.29, 0.717) is 5.69 Å². The van der Waals surface area contributed by atoms with E-state index in [0.717, 1.165) is 18.8 Å². The number of esters is 1. The number of benzene rings is 2. The van der Waals surface area contributed by atoms with Crippen LogP contribution in [0.3, 0.4) is 0 Å². The number of nitro benzene ring substituents is 1. The van der Waals surface area contributed by atoms with E-state index in [1.165, 1.54) is 37.5 Å².